The molecule has 22 heavy (non-hydrogen) atoms. The number of rotatable bonds is 5. The number of benzene rings is 1. The first-order chi connectivity index (χ1) is 10.7. The van der Waals surface area contributed by atoms with Crippen molar-refractivity contribution >= 4 is 5.82 Å². The number of nitrogens with two attached hydrogens (primary N) is 1. The normalized spacial score (nSPS) is 11.0. The van der Waals surface area contributed by atoms with Crippen molar-refractivity contribution in [3.63, 3.8) is 0 Å². The molecule has 0 fully saturated rings. The number of unbranched alkanes of at least 4 members (excludes halogenated alkanes) is 1. The summed E-state index contributed by atoms with van der Waals surface area (Å²) in [5.41, 5.74) is 8.55. The van der Waals surface area contributed by atoms with Crippen LogP contribution in [0.25, 0.3) is 23.0 Å². The Kier molecular flexibility index (Phi) is 3.86. The molecule has 2 heterocycles. The molecule has 0 amide bonds. The van der Waals surface area contributed by atoms with Crippen LogP contribution >= 0.6 is 0 Å². The summed E-state index contributed by atoms with van der Waals surface area (Å²) in [4.78, 5) is 4.36. The molecule has 0 aliphatic heterocycles. The molecular formula is C15H18N6O. The van der Waals surface area contributed by atoms with E-state index in [4.69, 9.17) is 10.3 Å². The maximum Gasteiger partial charge on any atom is 0.282 e. The SMILES string of the molecule is CCCCn1nnc(-c2nc(-c3ccc(C)cc3)no2)c1N. The van der Waals surface area contributed by atoms with Crippen LogP contribution in [0, 0.1) is 6.92 Å². The second-order valence-electron chi connectivity index (χ2n) is 5.19. The van der Waals surface area contributed by atoms with Crippen molar-refractivity contribution in [3.05, 3.63) is 29.8 Å². The molecular weight excluding hydrogens is 280 g/mol. The van der Waals surface area contributed by atoms with Gasteiger partial charge in [-0.05, 0) is 13.3 Å². The molecule has 7 nitrogen and oxygen atoms in total. The molecule has 114 valence electrons. The van der Waals surface area contributed by atoms with E-state index < -0.39 is 0 Å². The van der Waals surface area contributed by atoms with E-state index in [1.54, 1.807) is 4.68 Å². The van der Waals surface area contributed by atoms with E-state index in [2.05, 4.69) is 27.4 Å². The van der Waals surface area contributed by atoms with Gasteiger partial charge in [-0.1, -0.05) is 53.5 Å². The third-order valence-corrected chi connectivity index (χ3v) is 3.44. The standard InChI is InChI=1S/C15H18N6O/c1-3-4-9-21-13(16)12(18-20-21)15-17-14(19-22-15)11-7-5-10(2)6-8-11/h5-8H,3-4,9,16H2,1-2H3. The zero-order valence-electron chi connectivity index (χ0n) is 12.7. The van der Waals surface area contributed by atoms with Gasteiger partial charge in [-0.3, -0.25) is 0 Å². The Balaban J connectivity index is 1.87. The first kappa shape index (κ1) is 14.2. The fourth-order valence-electron chi connectivity index (χ4n) is 2.09. The van der Waals surface area contributed by atoms with Crippen molar-refractivity contribution in [1.82, 2.24) is 25.1 Å². The van der Waals surface area contributed by atoms with E-state index in [0.29, 0.717) is 17.3 Å². The van der Waals surface area contributed by atoms with Gasteiger partial charge in [0.15, 0.2) is 11.5 Å². The van der Waals surface area contributed by atoms with Gasteiger partial charge in [0.2, 0.25) is 5.82 Å². The Morgan fingerprint density at radius 1 is 1.23 bits per heavy atom. The first-order valence-electron chi connectivity index (χ1n) is 7.29. The monoisotopic (exact) mass is 298 g/mol. The molecule has 0 atom stereocenters. The number of anilines is 1. The zero-order valence-corrected chi connectivity index (χ0v) is 12.7. The number of aromatic nitrogens is 5. The molecule has 0 aliphatic carbocycles. The van der Waals surface area contributed by atoms with Crippen molar-refractivity contribution in [2.75, 3.05) is 5.73 Å². The molecule has 0 saturated heterocycles. The van der Waals surface area contributed by atoms with Gasteiger partial charge in [0, 0.05) is 12.1 Å². The van der Waals surface area contributed by atoms with E-state index in [0.717, 1.165) is 24.9 Å². The van der Waals surface area contributed by atoms with Crippen LogP contribution < -0.4 is 5.73 Å². The largest absolute Gasteiger partial charge is 0.382 e. The molecule has 2 aromatic heterocycles. The van der Waals surface area contributed by atoms with Crippen molar-refractivity contribution in [1.29, 1.82) is 0 Å². The van der Waals surface area contributed by atoms with Crippen LogP contribution in [0.15, 0.2) is 28.8 Å². The summed E-state index contributed by atoms with van der Waals surface area (Å²) in [6.07, 6.45) is 2.05. The topological polar surface area (TPSA) is 95.6 Å². The highest BCUT2D eigenvalue weighted by molar-refractivity contribution is 5.64. The van der Waals surface area contributed by atoms with Crippen LogP contribution in [0.3, 0.4) is 0 Å². The number of hydrogen-bond acceptors (Lipinski definition) is 6. The van der Waals surface area contributed by atoms with Crippen molar-refractivity contribution in [2.24, 2.45) is 0 Å². The second-order valence-corrected chi connectivity index (χ2v) is 5.19. The van der Waals surface area contributed by atoms with Crippen LogP contribution in [0.1, 0.15) is 25.3 Å². The zero-order chi connectivity index (χ0) is 15.5. The van der Waals surface area contributed by atoms with Crippen molar-refractivity contribution < 1.29 is 4.52 Å². The lowest BCUT2D eigenvalue weighted by molar-refractivity contribution is 0.431. The molecule has 2 N–H and O–H groups in total. The van der Waals surface area contributed by atoms with E-state index in [9.17, 15) is 0 Å². The molecule has 7 heteroatoms. The maximum absolute atomic E-state index is 6.05. The quantitative estimate of drug-likeness (QED) is 0.778. The van der Waals surface area contributed by atoms with E-state index in [-0.39, 0.29) is 5.89 Å². The smallest absolute Gasteiger partial charge is 0.282 e. The van der Waals surface area contributed by atoms with Gasteiger partial charge in [0.25, 0.3) is 5.89 Å². The lowest BCUT2D eigenvalue weighted by atomic mass is 10.1. The fourth-order valence-corrected chi connectivity index (χ4v) is 2.09. The average Bonchev–Trinajstić information content (AvgIpc) is 3.13. The highest BCUT2D eigenvalue weighted by atomic mass is 16.5. The molecule has 1 aromatic carbocycles. The summed E-state index contributed by atoms with van der Waals surface area (Å²) in [5.74, 6) is 1.25. The van der Waals surface area contributed by atoms with Gasteiger partial charge in [-0.25, -0.2) is 4.68 Å². The lowest BCUT2D eigenvalue weighted by Crippen LogP contribution is -2.04. The Morgan fingerprint density at radius 3 is 2.73 bits per heavy atom. The summed E-state index contributed by atoms with van der Waals surface area (Å²) in [6.45, 7) is 4.87. The lowest BCUT2D eigenvalue weighted by Gasteiger charge is -2.00. The second kappa shape index (κ2) is 5.97. The highest BCUT2D eigenvalue weighted by Gasteiger charge is 2.18. The molecule has 0 unspecified atom stereocenters. The van der Waals surface area contributed by atoms with Gasteiger partial charge < -0.3 is 10.3 Å². The number of aryl methyl sites for hydroxylation is 2. The summed E-state index contributed by atoms with van der Waals surface area (Å²) in [6, 6.07) is 7.90. The van der Waals surface area contributed by atoms with Gasteiger partial charge in [0.1, 0.15) is 0 Å². The first-order valence-corrected chi connectivity index (χ1v) is 7.29. The predicted octanol–water partition coefficient (Wildman–Crippen LogP) is 2.69. The summed E-state index contributed by atoms with van der Waals surface area (Å²) in [7, 11) is 0. The predicted molar refractivity (Wildman–Crippen MR) is 82.8 cm³/mol. The molecule has 3 aromatic rings. The number of nitrogens with zero attached hydrogens (tertiary/aromatic N) is 5. The van der Waals surface area contributed by atoms with E-state index in [1.807, 2.05) is 31.2 Å². The summed E-state index contributed by atoms with van der Waals surface area (Å²) >= 11 is 0. The molecule has 0 spiro atoms. The van der Waals surface area contributed by atoms with E-state index >= 15 is 0 Å². The molecule has 0 saturated carbocycles. The van der Waals surface area contributed by atoms with Gasteiger partial charge in [0.05, 0.1) is 0 Å². The van der Waals surface area contributed by atoms with Gasteiger partial charge in [-0.2, -0.15) is 4.98 Å². The van der Waals surface area contributed by atoms with Crippen LogP contribution in [-0.2, 0) is 6.54 Å². The molecule has 3 rings (SSSR count). The number of hydrogen-bond donors (Lipinski definition) is 1. The third kappa shape index (κ3) is 2.69. The van der Waals surface area contributed by atoms with Gasteiger partial charge >= 0.3 is 0 Å². The maximum atomic E-state index is 6.05. The average molecular weight is 298 g/mol. The van der Waals surface area contributed by atoms with E-state index in [1.165, 1.54) is 5.56 Å². The van der Waals surface area contributed by atoms with Crippen LogP contribution in [-0.4, -0.2) is 25.1 Å². The highest BCUT2D eigenvalue weighted by Crippen LogP contribution is 2.24. The van der Waals surface area contributed by atoms with Crippen LogP contribution in [0.2, 0.25) is 0 Å². The third-order valence-electron chi connectivity index (χ3n) is 3.44. The van der Waals surface area contributed by atoms with Gasteiger partial charge in [-0.15, -0.1) is 5.10 Å². The van der Waals surface area contributed by atoms with Crippen LogP contribution in [0.4, 0.5) is 5.82 Å². The molecule has 0 aliphatic rings. The van der Waals surface area contributed by atoms with Crippen LogP contribution in [0.5, 0.6) is 0 Å². The van der Waals surface area contributed by atoms with Crippen molar-refractivity contribution in [2.45, 2.75) is 33.2 Å². The minimum absolute atomic E-state index is 0.288. The minimum Gasteiger partial charge on any atom is -0.382 e. The Morgan fingerprint density at radius 2 is 2.00 bits per heavy atom. The molecule has 0 bridgehead atoms. The summed E-state index contributed by atoms with van der Waals surface area (Å²) in [5, 5.41) is 12.1. The Hall–Kier alpha value is -2.70. The summed E-state index contributed by atoms with van der Waals surface area (Å²) < 4.78 is 6.94. The fraction of sp³-hybridized carbons (Fsp3) is 0.333. The Bertz CT molecular complexity index is 759. The Labute approximate surface area is 128 Å². The minimum atomic E-state index is 0.288. The van der Waals surface area contributed by atoms with Crippen molar-refractivity contribution in [3.8, 4) is 23.0 Å². The number of nitrogen functional groups attached to an aromatic ring is 1. The molecule has 0 radical (unpaired) electrons.